The van der Waals surface area contributed by atoms with Gasteiger partial charge in [-0.05, 0) is 56.7 Å². The van der Waals surface area contributed by atoms with Crippen LogP contribution < -0.4 is 20.5 Å². The second-order valence-electron chi connectivity index (χ2n) is 7.57. The van der Waals surface area contributed by atoms with Gasteiger partial charge in [0, 0.05) is 16.0 Å². The molecule has 176 valence electrons. The average Bonchev–Trinajstić information content (AvgIpc) is 3.10. The molecule has 0 aliphatic carbocycles. The maximum Gasteiger partial charge on any atom is 0.281 e. The molecule has 0 aliphatic rings. The molecule has 0 unspecified atom stereocenters. The number of carbonyl (C=O) groups is 1. The SMILES string of the molecule is COc1ccc(C(=O)Nn2c(C)nc3sc(C)c(C)c3c2=O)cc1COc1cccc(Cl)c1Cl. The highest BCUT2D eigenvalue weighted by Crippen LogP contribution is 2.33. The van der Waals surface area contributed by atoms with Crippen LogP contribution in [0.5, 0.6) is 11.5 Å². The molecule has 0 aliphatic heterocycles. The normalized spacial score (nSPS) is 11.0. The summed E-state index contributed by atoms with van der Waals surface area (Å²) in [6.45, 7) is 5.58. The largest absolute Gasteiger partial charge is 0.496 e. The van der Waals surface area contributed by atoms with Crippen LogP contribution in [0.2, 0.25) is 10.0 Å². The Hall–Kier alpha value is -3.07. The van der Waals surface area contributed by atoms with Gasteiger partial charge in [0.05, 0.1) is 17.5 Å². The highest BCUT2D eigenvalue weighted by atomic mass is 35.5. The molecule has 2 heterocycles. The molecule has 7 nitrogen and oxygen atoms in total. The van der Waals surface area contributed by atoms with E-state index in [0.717, 1.165) is 10.4 Å². The lowest BCUT2D eigenvalue weighted by Gasteiger charge is -2.14. The smallest absolute Gasteiger partial charge is 0.281 e. The predicted molar refractivity (Wildman–Crippen MR) is 136 cm³/mol. The Bertz CT molecular complexity index is 1480. The Morgan fingerprint density at radius 2 is 1.91 bits per heavy atom. The van der Waals surface area contributed by atoms with Crippen LogP contribution >= 0.6 is 34.5 Å². The second kappa shape index (κ2) is 9.66. The number of hydrogen-bond acceptors (Lipinski definition) is 6. The van der Waals surface area contributed by atoms with Gasteiger partial charge in [-0.2, -0.15) is 0 Å². The van der Waals surface area contributed by atoms with Crippen molar-refractivity contribution in [2.45, 2.75) is 27.4 Å². The summed E-state index contributed by atoms with van der Waals surface area (Å²) in [4.78, 5) is 32.3. The average molecular weight is 518 g/mol. The fourth-order valence-corrected chi connectivity index (χ4v) is 4.89. The van der Waals surface area contributed by atoms with E-state index in [-0.39, 0.29) is 12.2 Å². The standard InChI is InChI=1S/C24H21Cl2N3O4S/c1-12-13(2)34-23-20(12)24(31)29(14(3)27-23)28-22(30)15-8-9-18(32-4)16(10-15)11-33-19-7-5-6-17(25)21(19)26/h5-10H,11H2,1-4H3,(H,28,30). The van der Waals surface area contributed by atoms with Gasteiger partial charge in [0.2, 0.25) is 0 Å². The first kappa shape index (κ1) is 24.1. The molecule has 1 N–H and O–H groups in total. The van der Waals surface area contributed by atoms with Crippen LogP contribution in [0.25, 0.3) is 10.2 Å². The number of rotatable bonds is 6. The fraction of sp³-hybridized carbons (Fsp3) is 0.208. The van der Waals surface area contributed by atoms with Crippen LogP contribution in [0.1, 0.15) is 32.2 Å². The van der Waals surface area contributed by atoms with E-state index in [1.54, 1.807) is 43.3 Å². The molecule has 0 saturated carbocycles. The van der Waals surface area contributed by atoms with Gasteiger partial charge < -0.3 is 9.47 Å². The maximum absolute atomic E-state index is 13.1. The highest BCUT2D eigenvalue weighted by Gasteiger charge is 2.18. The number of halogens is 2. The molecule has 0 spiro atoms. The van der Waals surface area contributed by atoms with Crippen LogP contribution in [-0.2, 0) is 6.61 Å². The number of hydrogen-bond donors (Lipinski definition) is 1. The summed E-state index contributed by atoms with van der Waals surface area (Å²) in [5.41, 5.74) is 4.16. The van der Waals surface area contributed by atoms with E-state index in [4.69, 9.17) is 32.7 Å². The molecular formula is C24H21Cl2N3O4S. The number of carbonyl (C=O) groups excluding carboxylic acids is 1. The van der Waals surface area contributed by atoms with Crippen LogP contribution in [0.4, 0.5) is 0 Å². The lowest BCUT2D eigenvalue weighted by atomic mass is 10.1. The molecule has 0 saturated heterocycles. The molecule has 34 heavy (non-hydrogen) atoms. The molecule has 0 bridgehead atoms. The van der Waals surface area contributed by atoms with Gasteiger partial charge in [-0.25, -0.2) is 9.66 Å². The number of nitrogens with one attached hydrogen (secondary N) is 1. The summed E-state index contributed by atoms with van der Waals surface area (Å²) in [5, 5.41) is 1.19. The number of aromatic nitrogens is 2. The summed E-state index contributed by atoms with van der Waals surface area (Å²) < 4.78 is 12.4. The predicted octanol–water partition coefficient (Wildman–Crippen LogP) is 5.66. The van der Waals surface area contributed by atoms with E-state index in [1.807, 2.05) is 13.8 Å². The summed E-state index contributed by atoms with van der Waals surface area (Å²) in [5.74, 6) is 0.866. The van der Waals surface area contributed by atoms with Crippen molar-refractivity contribution in [1.29, 1.82) is 0 Å². The minimum Gasteiger partial charge on any atom is -0.496 e. The summed E-state index contributed by atoms with van der Waals surface area (Å²) >= 11 is 13.7. The third-order valence-electron chi connectivity index (χ3n) is 5.43. The Labute approximate surface area is 209 Å². The summed E-state index contributed by atoms with van der Waals surface area (Å²) in [6, 6.07) is 10.00. The van der Waals surface area contributed by atoms with Gasteiger partial charge >= 0.3 is 0 Å². The first-order valence-corrected chi connectivity index (χ1v) is 11.8. The number of thiophene rings is 1. The van der Waals surface area contributed by atoms with Crippen molar-refractivity contribution in [1.82, 2.24) is 9.66 Å². The zero-order valence-corrected chi connectivity index (χ0v) is 21.2. The quantitative estimate of drug-likeness (QED) is 0.356. The van der Waals surface area contributed by atoms with E-state index in [1.165, 1.54) is 23.1 Å². The third kappa shape index (κ3) is 4.49. The zero-order chi connectivity index (χ0) is 24.6. The molecular weight excluding hydrogens is 497 g/mol. The first-order valence-electron chi connectivity index (χ1n) is 10.3. The third-order valence-corrected chi connectivity index (χ3v) is 7.33. The first-order chi connectivity index (χ1) is 16.2. The van der Waals surface area contributed by atoms with Crippen LogP contribution in [0.15, 0.2) is 41.2 Å². The molecule has 4 aromatic rings. The van der Waals surface area contributed by atoms with Gasteiger partial charge in [0.15, 0.2) is 0 Å². The number of methoxy groups -OCH3 is 1. The number of aryl methyl sites for hydroxylation is 3. The van der Waals surface area contributed by atoms with Gasteiger partial charge in [-0.3, -0.25) is 15.0 Å². The van der Waals surface area contributed by atoms with Gasteiger partial charge in [-0.15, -0.1) is 11.3 Å². The van der Waals surface area contributed by atoms with Crippen LogP contribution in [0.3, 0.4) is 0 Å². The second-order valence-corrected chi connectivity index (χ2v) is 9.56. The van der Waals surface area contributed by atoms with Gasteiger partial charge in [0.25, 0.3) is 11.5 Å². The molecule has 0 fully saturated rings. The molecule has 10 heteroatoms. The number of amides is 1. The molecule has 0 radical (unpaired) electrons. The lowest BCUT2D eigenvalue weighted by Crippen LogP contribution is -2.35. The fourth-order valence-electron chi connectivity index (χ4n) is 3.48. The monoisotopic (exact) mass is 517 g/mol. The van der Waals surface area contributed by atoms with Crippen LogP contribution in [-0.4, -0.2) is 22.7 Å². The van der Waals surface area contributed by atoms with E-state index in [2.05, 4.69) is 10.4 Å². The van der Waals surface area contributed by atoms with E-state index in [9.17, 15) is 9.59 Å². The molecule has 1 amide bonds. The topological polar surface area (TPSA) is 82.5 Å². The Kier molecular flexibility index (Phi) is 6.84. The van der Waals surface area contributed by atoms with E-state index >= 15 is 0 Å². The van der Waals surface area contributed by atoms with E-state index in [0.29, 0.717) is 48.7 Å². The molecule has 0 atom stereocenters. The Morgan fingerprint density at radius 3 is 2.65 bits per heavy atom. The highest BCUT2D eigenvalue weighted by molar-refractivity contribution is 7.18. The molecule has 2 aromatic carbocycles. The van der Waals surface area contributed by atoms with Crippen molar-refractivity contribution in [3.63, 3.8) is 0 Å². The zero-order valence-electron chi connectivity index (χ0n) is 18.9. The molecule has 4 rings (SSSR count). The lowest BCUT2D eigenvalue weighted by molar-refractivity contribution is 0.101. The van der Waals surface area contributed by atoms with Crippen LogP contribution in [0, 0.1) is 20.8 Å². The van der Waals surface area contributed by atoms with Crippen molar-refractivity contribution in [2.24, 2.45) is 0 Å². The Balaban J connectivity index is 1.62. The maximum atomic E-state index is 13.1. The number of benzene rings is 2. The van der Waals surface area contributed by atoms with Crippen molar-refractivity contribution >= 4 is 50.7 Å². The molecule has 2 aromatic heterocycles. The minimum atomic E-state index is -0.472. The summed E-state index contributed by atoms with van der Waals surface area (Å²) in [6.07, 6.45) is 0. The van der Waals surface area contributed by atoms with Crippen molar-refractivity contribution in [3.05, 3.63) is 84.2 Å². The summed E-state index contributed by atoms with van der Waals surface area (Å²) in [7, 11) is 1.53. The number of fused-ring (bicyclic) bond motifs is 1. The van der Waals surface area contributed by atoms with Gasteiger partial charge in [0.1, 0.15) is 33.8 Å². The number of nitrogens with zero attached hydrogens (tertiary/aromatic N) is 2. The van der Waals surface area contributed by atoms with Crippen molar-refractivity contribution in [3.8, 4) is 11.5 Å². The Morgan fingerprint density at radius 1 is 1.15 bits per heavy atom. The number of ether oxygens (including phenoxy) is 2. The van der Waals surface area contributed by atoms with E-state index < -0.39 is 5.91 Å². The minimum absolute atomic E-state index is 0.0875. The van der Waals surface area contributed by atoms with Crippen molar-refractivity contribution in [2.75, 3.05) is 12.5 Å². The van der Waals surface area contributed by atoms with Crippen molar-refractivity contribution < 1.29 is 14.3 Å². The van der Waals surface area contributed by atoms with Gasteiger partial charge in [-0.1, -0.05) is 29.3 Å².